The first kappa shape index (κ1) is 17.7. The van der Waals surface area contributed by atoms with Crippen molar-refractivity contribution >= 4 is 28.1 Å². The number of halogens is 1. The van der Waals surface area contributed by atoms with Crippen LogP contribution in [0.2, 0.25) is 0 Å². The van der Waals surface area contributed by atoms with E-state index in [2.05, 4.69) is 39.7 Å². The molecular formula is C21H21FN4S. The molecule has 0 spiro atoms. The van der Waals surface area contributed by atoms with Crippen LogP contribution in [0.15, 0.2) is 42.0 Å². The van der Waals surface area contributed by atoms with Gasteiger partial charge in [0.15, 0.2) is 0 Å². The average molecular weight is 380 g/mol. The van der Waals surface area contributed by atoms with E-state index in [0.29, 0.717) is 18.6 Å². The maximum atomic E-state index is 14.4. The van der Waals surface area contributed by atoms with Gasteiger partial charge < -0.3 is 9.88 Å². The summed E-state index contributed by atoms with van der Waals surface area (Å²) in [5.41, 5.74) is 4.96. The number of aryl methyl sites for hydroxylation is 3. The minimum Gasteiger partial charge on any atom is -0.368 e. The van der Waals surface area contributed by atoms with Gasteiger partial charge in [-0.2, -0.15) is 0 Å². The molecule has 0 saturated heterocycles. The molecule has 0 aliphatic carbocycles. The topological polar surface area (TPSA) is 42.7 Å². The summed E-state index contributed by atoms with van der Waals surface area (Å²) in [5, 5.41) is 6.42. The van der Waals surface area contributed by atoms with Gasteiger partial charge in [0.25, 0.3) is 0 Å². The molecule has 0 aliphatic rings. The van der Waals surface area contributed by atoms with Gasteiger partial charge in [-0.15, -0.1) is 11.3 Å². The van der Waals surface area contributed by atoms with Crippen LogP contribution in [0.4, 0.5) is 10.2 Å². The lowest BCUT2D eigenvalue weighted by molar-refractivity contribution is 0.621. The van der Waals surface area contributed by atoms with E-state index in [1.165, 1.54) is 5.56 Å². The van der Waals surface area contributed by atoms with Crippen LogP contribution in [0, 0.1) is 26.6 Å². The number of rotatable bonds is 5. The Bertz CT molecular complexity index is 1110. The average Bonchev–Trinajstić information content (AvgIpc) is 3.23. The van der Waals surface area contributed by atoms with E-state index in [1.54, 1.807) is 23.7 Å². The number of anilines is 1. The smallest absolute Gasteiger partial charge is 0.147 e. The Balaban J connectivity index is 1.52. The molecule has 4 nitrogen and oxygen atoms in total. The van der Waals surface area contributed by atoms with Crippen LogP contribution in [0.1, 0.15) is 16.8 Å². The third-order valence-electron chi connectivity index (χ3n) is 4.73. The van der Waals surface area contributed by atoms with E-state index < -0.39 is 0 Å². The van der Waals surface area contributed by atoms with E-state index in [0.717, 1.165) is 33.0 Å². The van der Waals surface area contributed by atoms with E-state index in [-0.39, 0.29) is 5.82 Å². The second-order valence-corrected chi connectivity index (χ2v) is 7.68. The van der Waals surface area contributed by atoms with Crippen LogP contribution in [0.5, 0.6) is 0 Å². The molecule has 0 unspecified atom stereocenters. The van der Waals surface area contributed by atoms with E-state index in [4.69, 9.17) is 0 Å². The first-order valence-corrected chi connectivity index (χ1v) is 9.77. The van der Waals surface area contributed by atoms with Crippen molar-refractivity contribution in [2.24, 2.45) is 0 Å². The number of benzene rings is 1. The normalized spacial score (nSPS) is 11.3. The summed E-state index contributed by atoms with van der Waals surface area (Å²) in [5.74, 6) is 0.595. The molecule has 0 saturated carbocycles. The summed E-state index contributed by atoms with van der Waals surface area (Å²) in [6.07, 6.45) is 1.58. The fraction of sp³-hybridized carbons (Fsp3) is 0.238. The molecule has 4 rings (SSSR count). The van der Waals surface area contributed by atoms with E-state index >= 15 is 0 Å². The van der Waals surface area contributed by atoms with Gasteiger partial charge in [-0.1, -0.05) is 6.07 Å². The Morgan fingerprint density at radius 3 is 2.74 bits per heavy atom. The summed E-state index contributed by atoms with van der Waals surface area (Å²) in [6, 6.07) is 9.50. The molecule has 138 valence electrons. The molecule has 0 amide bonds. The van der Waals surface area contributed by atoms with Crippen molar-refractivity contribution in [3.63, 3.8) is 0 Å². The lowest BCUT2D eigenvalue weighted by atomic mass is 10.1. The first-order chi connectivity index (χ1) is 13.0. The number of nitrogens with zero attached hydrogens (tertiary/aromatic N) is 3. The zero-order chi connectivity index (χ0) is 19.0. The molecule has 1 aromatic carbocycles. The van der Waals surface area contributed by atoms with Crippen molar-refractivity contribution in [2.75, 3.05) is 11.9 Å². The highest BCUT2D eigenvalue weighted by molar-refractivity contribution is 7.13. The van der Waals surface area contributed by atoms with Crippen molar-refractivity contribution in [1.29, 1.82) is 0 Å². The number of thiophene rings is 1. The summed E-state index contributed by atoms with van der Waals surface area (Å²) < 4.78 is 16.4. The van der Waals surface area contributed by atoms with Gasteiger partial charge in [0.1, 0.15) is 18.0 Å². The standard InChI is InChI=1S/C21H21FN4S/c1-13-8-19(27-11-13)18-10-20(25-12-24-18)23-6-7-26-15(3)9-16-14(2)4-5-17(22)21(16)26/h4-5,8-12H,6-7H2,1-3H3,(H,23,24,25). The van der Waals surface area contributed by atoms with Crippen LogP contribution in [-0.2, 0) is 6.54 Å². The summed E-state index contributed by atoms with van der Waals surface area (Å²) >= 11 is 1.68. The Labute approximate surface area is 161 Å². The molecule has 3 heterocycles. The van der Waals surface area contributed by atoms with Crippen LogP contribution >= 0.6 is 11.3 Å². The van der Waals surface area contributed by atoms with Crippen LogP contribution in [0.3, 0.4) is 0 Å². The third-order valence-corrected chi connectivity index (χ3v) is 5.80. The lowest BCUT2D eigenvalue weighted by Gasteiger charge is -2.11. The predicted octanol–water partition coefficient (Wildman–Crippen LogP) is 5.34. The molecule has 0 fully saturated rings. The summed E-state index contributed by atoms with van der Waals surface area (Å²) in [7, 11) is 0. The number of fused-ring (bicyclic) bond motifs is 1. The predicted molar refractivity (Wildman–Crippen MR) is 110 cm³/mol. The second-order valence-electron chi connectivity index (χ2n) is 6.77. The van der Waals surface area contributed by atoms with Gasteiger partial charge in [0, 0.05) is 30.2 Å². The summed E-state index contributed by atoms with van der Waals surface area (Å²) in [6.45, 7) is 7.41. The Hall–Kier alpha value is -2.73. The lowest BCUT2D eigenvalue weighted by Crippen LogP contribution is -2.12. The molecule has 0 atom stereocenters. The maximum absolute atomic E-state index is 14.4. The van der Waals surface area contributed by atoms with Gasteiger partial charge >= 0.3 is 0 Å². The fourth-order valence-electron chi connectivity index (χ4n) is 3.34. The Kier molecular flexibility index (Phi) is 4.66. The minimum absolute atomic E-state index is 0.180. The zero-order valence-electron chi connectivity index (χ0n) is 15.6. The number of aromatic nitrogens is 3. The fourth-order valence-corrected chi connectivity index (χ4v) is 4.21. The number of hydrogen-bond donors (Lipinski definition) is 1. The Morgan fingerprint density at radius 2 is 1.96 bits per heavy atom. The first-order valence-electron chi connectivity index (χ1n) is 8.89. The van der Waals surface area contributed by atoms with Crippen molar-refractivity contribution < 1.29 is 4.39 Å². The highest BCUT2D eigenvalue weighted by atomic mass is 32.1. The van der Waals surface area contributed by atoms with Gasteiger partial charge in [-0.3, -0.25) is 0 Å². The van der Waals surface area contributed by atoms with Gasteiger partial charge in [0.2, 0.25) is 0 Å². The highest BCUT2D eigenvalue weighted by Gasteiger charge is 2.12. The highest BCUT2D eigenvalue weighted by Crippen LogP contribution is 2.27. The zero-order valence-corrected chi connectivity index (χ0v) is 16.4. The molecule has 0 radical (unpaired) electrons. The molecule has 0 bridgehead atoms. The SMILES string of the molecule is Cc1csc(-c2cc(NCCn3c(C)cc4c(C)ccc(F)c43)ncn2)c1. The van der Waals surface area contributed by atoms with Crippen molar-refractivity contribution in [3.8, 4) is 10.6 Å². The van der Waals surface area contributed by atoms with E-state index in [1.807, 2.05) is 30.5 Å². The molecule has 0 aliphatic heterocycles. The monoisotopic (exact) mass is 380 g/mol. The van der Waals surface area contributed by atoms with Crippen LogP contribution in [-0.4, -0.2) is 21.1 Å². The van der Waals surface area contributed by atoms with Crippen LogP contribution in [0.25, 0.3) is 21.5 Å². The third kappa shape index (κ3) is 3.45. The summed E-state index contributed by atoms with van der Waals surface area (Å²) in [4.78, 5) is 9.80. The second kappa shape index (κ2) is 7.12. The van der Waals surface area contributed by atoms with Crippen molar-refractivity contribution in [1.82, 2.24) is 14.5 Å². The number of nitrogens with one attached hydrogen (secondary N) is 1. The quantitative estimate of drug-likeness (QED) is 0.508. The van der Waals surface area contributed by atoms with Crippen LogP contribution < -0.4 is 5.32 Å². The molecule has 6 heteroatoms. The molecule has 3 aromatic heterocycles. The molecule has 1 N–H and O–H groups in total. The van der Waals surface area contributed by atoms with Gasteiger partial charge in [-0.05, 0) is 55.5 Å². The molecule has 4 aromatic rings. The number of hydrogen-bond acceptors (Lipinski definition) is 4. The van der Waals surface area contributed by atoms with Crippen molar-refractivity contribution in [2.45, 2.75) is 27.3 Å². The van der Waals surface area contributed by atoms with E-state index in [9.17, 15) is 4.39 Å². The largest absolute Gasteiger partial charge is 0.368 e. The van der Waals surface area contributed by atoms with Gasteiger partial charge in [0.05, 0.1) is 16.1 Å². The minimum atomic E-state index is -0.180. The van der Waals surface area contributed by atoms with Gasteiger partial charge in [-0.25, -0.2) is 14.4 Å². The molecule has 27 heavy (non-hydrogen) atoms. The Morgan fingerprint density at radius 1 is 1.11 bits per heavy atom. The van der Waals surface area contributed by atoms with Crippen molar-refractivity contribution in [3.05, 3.63) is 64.7 Å². The molecular weight excluding hydrogens is 359 g/mol. The maximum Gasteiger partial charge on any atom is 0.147 e.